The molecule has 0 radical (unpaired) electrons. The quantitative estimate of drug-likeness (QED) is 0.0597. The molecule has 3 rings (SSSR count). The molecule has 2 heterocycles. The van der Waals surface area contributed by atoms with Gasteiger partial charge < -0.3 is 43.2 Å². The summed E-state index contributed by atoms with van der Waals surface area (Å²) in [4.78, 5) is 75.0. The molecule has 0 aromatic heterocycles. The van der Waals surface area contributed by atoms with Gasteiger partial charge in [0.15, 0.2) is 0 Å². The Morgan fingerprint density at radius 3 is 1.75 bits per heavy atom. The molecule has 1 aromatic carbocycles. The van der Waals surface area contributed by atoms with E-state index >= 15 is 0 Å². The molecule has 1 atom stereocenters. The van der Waals surface area contributed by atoms with E-state index in [9.17, 15) is 28.8 Å². The molecule has 0 saturated carbocycles. The van der Waals surface area contributed by atoms with Crippen molar-refractivity contribution < 1.29 is 66.7 Å². The minimum atomic E-state index is -1.07. The smallest absolute Gasteiger partial charge is 0.305 e. The van der Waals surface area contributed by atoms with Crippen LogP contribution in [-0.2, 0) is 57.1 Å². The Labute approximate surface area is 328 Å². The fourth-order valence-electron chi connectivity index (χ4n) is 5.73. The van der Waals surface area contributed by atoms with Gasteiger partial charge in [0.1, 0.15) is 12.6 Å². The number of piperidine rings is 1. The molecule has 56 heavy (non-hydrogen) atoms. The number of hydrogen-bond donors (Lipinski definition) is 2. The highest BCUT2D eigenvalue weighted by atomic mass is 16.6. The van der Waals surface area contributed by atoms with Gasteiger partial charge in [-0.05, 0) is 37.8 Å². The third-order valence-corrected chi connectivity index (χ3v) is 8.64. The predicted molar refractivity (Wildman–Crippen MR) is 201 cm³/mol. The Morgan fingerprint density at radius 2 is 1.20 bits per heavy atom. The molecule has 1 unspecified atom stereocenters. The maximum atomic E-state index is 13.2. The van der Waals surface area contributed by atoms with Gasteiger partial charge in [-0.2, -0.15) is 0 Å². The van der Waals surface area contributed by atoms with Crippen LogP contribution < -0.4 is 10.6 Å². The van der Waals surface area contributed by atoms with Crippen molar-refractivity contribution >= 4 is 41.2 Å². The number of anilines is 1. The van der Waals surface area contributed by atoms with E-state index < -0.39 is 29.7 Å². The van der Waals surface area contributed by atoms with Gasteiger partial charge in [0.25, 0.3) is 11.8 Å². The number of nitrogens with zero attached hydrogens (tertiary/aromatic N) is 1. The molecule has 0 spiro atoms. The summed E-state index contributed by atoms with van der Waals surface area (Å²) >= 11 is 0. The maximum Gasteiger partial charge on any atom is 0.305 e. The maximum absolute atomic E-state index is 13.2. The molecule has 0 aliphatic carbocycles. The van der Waals surface area contributed by atoms with E-state index in [1.807, 2.05) is 0 Å². The zero-order valence-corrected chi connectivity index (χ0v) is 32.6. The second-order valence-corrected chi connectivity index (χ2v) is 13.0. The second kappa shape index (κ2) is 28.5. The number of esters is 1. The largest absolute Gasteiger partial charge is 0.463 e. The normalized spacial score (nSPS) is 15.3. The summed E-state index contributed by atoms with van der Waals surface area (Å²) in [5.74, 6) is -2.90. The Kier molecular flexibility index (Phi) is 23.7. The molecule has 5 amide bonds. The molecule has 17 heteroatoms. The zero-order chi connectivity index (χ0) is 40.2. The molecule has 2 N–H and O–H groups in total. The lowest BCUT2D eigenvalue weighted by Crippen LogP contribution is -2.54. The minimum absolute atomic E-state index is 0.0273. The first-order chi connectivity index (χ1) is 27.3. The van der Waals surface area contributed by atoms with Crippen LogP contribution in [0.3, 0.4) is 0 Å². The molecule has 2 aliphatic heterocycles. The predicted octanol–water partition coefficient (Wildman–Crippen LogP) is 2.83. The number of carbonyl (C=O) groups excluding carboxylic acids is 6. The number of rotatable bonds is 33. The number of fused-ring (bicyclic) bond motifs is 1. The van der Waals surface area contributed by atoms with Crippen molar-refractivity contribution in [3.8, 4) is 0 Å². The Balaban J connectivity index is 1.04. The van der Waals surface area contributed by atoms with E-state index in [0.717, 1.165) is 37.0 Å². The van der Waals surface area contributed by atoms with Gasteiger partial charge in [-0.3, -0.25) is 39.0 Å². The SMILES string of the molecule is CCCCCC(=O)OCCOCCOCCOCCOCCOCCOCCOCCCCCC(=O)Nc1cccc2c1C(=O)N(C1CCC(=O)NC1=O)C2=O. The molecule has 17 nitrogen and oxygen atoms in total. The van der Waals surface area contributed by atoms with Gasteiger partial charge in [-0.1, -0.05) is 32.3 Å². The van der Waals surface area contributed by atoms with E-state index in [1.54, 1.807) is 12.1 Å². The number of unbranched alkanes of at least 4 members (excludes halogenated alkanes) is 4. The minimum Gasteiger partial charge on any atom is -0.463 e. The standard InChI is InChI=1S/C39H59N3O14/c1-2-3-5-12-35(45)56-29-28-55-27-26-54-25-24-53-23-22-52-21-20-51-19-18-50-17-16-49-15-7-4-6-11-33(43)40-31-10-8-9-30-36(31)39(48)42(38(30)47)32-13-14-34(44)41-37(32)46/h8-10,32H,2-7,11-29H2,1H3,(H,40,43)(H,41,44,46). The number of hydrogen-bond acceptors (Lipinski definition) is 14. The van der Waals surface area contributed by atoms with Gasteiger partial charge in [0.05, 0.1) is 103 Å². The molecule has 2 aliphatic rings. The average Bonchev–Trinajstić information content (AvgIpc) is 3.43. The lowest BCUT2D eigenvalue weighted by Gasteiger charge is -2.27. The van der Waals surface area contributed by atoms with Crippen molar-refractivity contribution in [3.05, 3.63) is 29.3 Å². The number of carbonyl (C=O) groups is 6. The van der Waals surface area contributed by atoms with Crippen molar-refractivity contribution in [1.82, 2.24) is 10.2 Å². The Hall–Kier alpha value is -3.84. The summed E-state index contributed by atoms with van der Waals surface area (Å²) in [5, 5.41) is 4.90. The van der Waals surface area contributed by atoms with Crippen molar-refractivity contribution in [2.75, 3.05) is 104 Å². The van der Waals surface area contributed by atoms with E-state index in [0.29, 0.717) is 105 Å². The summed E-state index contributed by atoms with van der Waals surface area (Å²) < 4.78 is 43.4. The van der Waals surface area contributed by atoms with Crippen LogP contribution in [0.4, 0.5) is 5.69 Å². The Morgan fingerprint density at radius 1 is 0.661 bits per heavy atom. The number of amides is 5. The van der Waals surface area contributed by atoms with Crippen molar-refractivity contribution in [1.29, 1.82) is 0 Å². The number of benzene rings is 1. The van der Waals surface area contributed by atoms with E-state index in [-0.39, 0.29) is 54.6 Å². The van der Waals surface area contributed by atoms with Gasteiger partial charge >= 0.3 is 5.97 Å². The van der Waals surface area contributed by atoms with Gasteiger partial charge in [-0.15, -0.1) is 0 Å². The van der Waals surface area contributed by atoms with Crippen molar-refractivity contribution in [3.63, 3.8) is 0 Å². The number of ether oxygens (including phenoxy) is 8. The van der Waals surface area contributed by atoms with Crippen LogP contribution in [0.5, 0.6) is 0 Å². The Bertz CT molecular complexity index is 1380. The molecule has 0 bridgehead atoms. The van der Waals surface area contributed by atoms with Crippen molar-refractivity contribution in [2.24, 2.45) is 0 Å². The van der Waals surface area contributed by atoms with E-state index in [2.05, 4.69) is 17.6 Å². The second-order valence-electron chi connectivity index (χ2n) is 13.0. The number of imide groups is 2. The highest BCUT2D eigenvalue weighted by Gasteiger charge is 2.45. The van der Waals surface area contributed by atoms with Crippen molar-refractivity contribution in [2.45, 2.75) is 77.2 Å². The van der Waals surface area contributed by atoms with Crippen LogP contribution in [-0.4, -0.2) is 146 Å². The third kappa shape index (κ3) is 18.0. The van der Waals surface area contributed by atoms with Crippen LogP contribution in [0, 0.1) is 0 Å². The number of nitrogens with one attached hydrogen (secondary N) is 2. The molecule has 1 saturated heterocycles. The van der Waals surface area contributed by atoms with Crippen LogP contribution in [0.1, 0.15) is 91.8 Å². The molecule has 1 aromatic rings. The summed E-state index contributed by atoms with van der Waals surface area (Å²) in [6.45, 7) is 8.63. The van der Waals surface area contributed by atoms with Gasteiger partial charge in [0.2, 0.25) is 17.7 Å². The van der Waals surface area contributed by atoms with E-state index in [1.165, 1.54) is 6.07 Å². The van der Waals surface area contributed by atoms with Gasteiger partial charge in [-0.25, -0.2) is 0 Å². The lowest BCUT2D eigenvalue weighted by atomic mass is 10.0. The monoisotopic (exact) mass is 793 g/mol. The fourth-order valence-corrected chi connectivity index (χ4v) is 5.73. The summed E-state index contributed by atoms with van der Waals surface area (Å²) in [5.41, 5.74) is 0.377. The van der Waals surface area contributed by atoms with Crippen LogP contribution >= 0.6 is 0 Å². The highest BCUT2D eigenvalue weighted by Crippen LogP contribution is 2.32. The van der Waals surface area contributed by atoms with Crippen LogP contribution in [0.2, 0.25) is 0 Å². The van der Waals surface area contributed by atoms with Crippen LogP contribution in [0.15, 0.2) is 18.2 Å². The summed E-state index contributed by atoms with van der Waals surface area (Å²) in [6, 6.07) is 3.52. The third-order valence-electron chi connectivity index (χ3n) is 8.64. The summed E-state index contributed by atoms with van der Waals surface area (Å²) in [7, 11) is 0. The van der Waals surface area contributed by atoms with Crippen LogP contribution in [0.25, 0.3) is 0 Å². The molecular weight excluding hydrogens is 734 g/mol. The molecule has 1 fully saturated rings. The van der Waals surface area contributed by atoms with Gasteiger partial charge in [0, 0.05) is 25.9 Å². The molecule has 314 valence electrons. The fraction of sp³-hybridized carbons (Fsp3) is 0.692. The average molecular weight is 794 g/mol. The first-order valence-corrected chi connectivity index (χ1v) is 19.7. The zero-order valence-electron chi connectivity index (χ0n) is 32.6. The lowest BCUT2D eigenvalue weighted by molar-refractivity contribution is -0.145. The first kappa shape index (κ1) is 46.5. The molecular formula is C39H59N3O14. The highest BCUT2D eigenvalue weighted by molar-refractivity contribution is 6.26. The first-order valence-electron chi connectivity index (χ1n) is 19.7. The van der Waals surface area contributed by atoms with E-state index in [4.69, 9.17) is 37.9 Å². The topological polar surface area (TPSA) is 204 Å². The summed E-state index contributed by atoms with van der Waals surface area (Å²) in [6.07, 6.45) is 5.87.